The Morgan fingerprint density at radius 3 is 2.59 bits per heavy atom. The van der Waals surface area contributed by atoms with Crippen molar-refractivity contribution in [1.82, 2.24) is 10.2 Å². The Hall–Kier alpha value is -1.32. The van der Waals surface area contributed by atoms with Crippen LogP contribution >= 0.6 is 0 Å². The van der Waals surface area contributed by atoms with Gasteiger partial charge in [0.25, 0.3) is 0 Å². The molecule has 0 unspecified atom stereocenters. The largest absolute Gasteiger partial charge is 0.311 e. The van der Waals surface area contributed by atoms with Crippen molar-refractivity contribution in [2.24, 2.45) is 0 Å². The Labute approximate surface area is 103 Å². The highest BCUT2D eigenvalue weighted by atomic mass is 16.1. The number of rotatable bonds is 9. The van der Waals surface area contributed by atoms with Crippen molar-refractivity contribution in [3.63, 3.8) is 0 Å². The monoisotopic (exact) mass is 237 g/mol. The Balaban J connectivity index is 1.94. The zero-order chi connectivity index (χ0) is 12.3. The van der Waals surface area contributed by atoms with Gasteiger partial charge >= 0.3 is 0 Å². The number of hydrogen-bond acceptors (Lipinski definition) is 2. The fraction of sp³-hybridized carbons (Fsp3) is 0.692. The number of H-pyrrole nitrogens is 1. The van der Waals surface area contributed by atoms with Gasteiger partial charge in [0, 0.05) is 12.5 Å². The second-order valence-corrected chi connectivity index (χ2v) is 4.39. The molecule has 0 radical (unpaired) electrons. The topological polar surface area (TPSA) is 57.8 Å². The van der Waals surface area contributed by atoms with Crippen LogP contribution in [0.25, 0.3) is 0 Å². The molecule has 1 rings (SSSR count). The summed E-state index contributed by atoms with van der Waals surface area (Å²) in [7, 11) is 0. The number of nitrogens with one attached hydrogen (secondary N) is 2. The molecule has 0 aliphatic rings. The molecule has 0 aromatic carbocycles. The quantitative estimate of drug-likeness (QED) is 0.646. The van der Waals surface area contributed by atoms with E-state index in [1.54, 1.807) is 12.3 Å². The van der Waals surface area contributed by atoms with Crippen LogP contribution in [-0.2, 0) is 4.79 Å². The summed E-state index contributed by atoms with van der Waals surface area (Å²) in [6.07, 6.45) is 10.9. The van der Waals surface area contributed by atoms with E-state index in [1.165, 1.54) is 32.1 Å². The van der Waals surface area contributed by atoms with E-state index in [1.807, 2.05) is 0 Å². The fourth-order valence-electron chi connectivity index (χ4n) is 1.78. The summed E-state index contributed by atoms with van der Waals surface area (Å²) in [5.74, 6) is 0.751. The molecule has 1 aromatic rings. The van der Waals surface area contributed by atoms with Crippen LogP contribution in [0.5, 0.6) is 0 Å². The van der Waals surface area contributed by atoms with E-state index in [9.17, 15) is 4.79 Å². The van der Waals surface area contributed by atoms with Crippen molar-refractivity contribution in [2.45, 2.75) is 58.3 Å². The summed E-state index contributed by atoms with van der Waals surface area (Å²) < 4.78 is 0. The lowest BCUT2D eigenvalue weighted by Gasteiger charge is -2.02. The zero-order valence-corrected chi connectivity index (χ0v) is 10.7. The lowest BCUT2D eigenvalue weighted by molar-refractivity contribution is -0.116. The van der Waals surface area contributed by atoms with Crippen molar-refractivity contribution in [3.05, 3.63) is 12.3 Å². The minimum Gasteiger partial charge on any atom is -0.311 e. The number of aromatic nitrogens is 2. The third kappa shape index (κ3) is 6.76. The highest BCUT2D eigenvalue weighted by Crippen LogP contribution is 2.09. The fourth-order valence-corrected chi connectivity index (χ4v) is 1.78. The second-order valence-electron chi connectivity index (χ2n) is 4.39. The Bertz CT molecular complexity index is 296. The molecule has 96 valence electrons. The van der Waals surface area contributed by atoms with Gasteiger partial charge in [0.1, 0.15) is 5.82 Å². The maximum Gasteiger partial charge on any atom is 0.225 e. The number of amides is 1. The van der Waals surface area contributed by atoms with E-state index in [0.29, 0.717) is 12.2 Å². The molecule has 4 heteroatoms. The van der Waals surface area contributed by atoms with Crippen molar-refractivity contribution in [2.75, 3.05) is 5.32 Å². The summed E-state index contributed by atoms with van der Waals surface area (Å²) in [5.41, 5.74) is 0. The molecule has 0 aliphatic carbocycles. The van der Waals surface area contributed by atoms with Gasteiger partial charge in [0.2, 0.25) is 5.91 Å². The van der Waals surface area contributed by atoms with Crippen LogP contribution < -0.4 is 5.32 Å². The third-order valence-corrected chi connectivity index (χ3v) is 2.78. The molecule has 0 spiro atoms. The molecule has 0 saturated carbocycles. The maximum absolute atomic E-state index is 11.5. The van der Waals surface area contributed by atoms with Crippen LogP contribution in [0, 0.1) is 0 Å². The predicted octanol–water partition coefficient (Wildman–Crippen LogP) is 3.49. The first kappa shape index (κ1) is 13.7. The van der Waals surface area contributed by atoms with E-state index in [4.69, 9.17) is 0 Å². The average Bonchev–Trinajstić information content (AvgIpc) is 2.80. The molecule has 17 heavy (non-hydrogen) atoms. The number of nitrogens with zero attached hydrogens (tertiary/aromatic N) is 1. The number of aromatic amines is 1. The van der Waals surface area contributed by atoms with Crippen molar-refractivity contribution < 1.29 is 4.79 Å². The van der Waals surface area contributed by atoms with Crippen molar-refractivity contribution >= 4 is 11.7 Å². The maximum atomic E-state index is 11.5. The van der Waals surface area contributed by atoms with Gasteiger partial charge in [-0.1, -0.05) is 45.4 Å². The van der Waals surface area contributed by atoms with Gasteiger partial charge in [-0.05, 0) is 6.42 Å². The highest BCUT2D eigenvalue weighted by Gasteiger charge is 2.02. The smallest absolute Gasteiger partial charge is 0.225 e. The van der Waals surface area contributed by atoms with Gasteiger partial charge in [-0.2, -0.15) is 5.10 Å². The van der Waals surface area contributed by atoms with E-state index >= 15 is 0 Å². The third-order valence-electron chi connectivity index (χ3n) is 2.78. The van der Waals surface area contributed by atoms with E-state index in [2.05, 4.69) is 22.4 Å². The molecule has 1 heterocycles. The average molecular weight is 237 g/mol. The number of carbonyl (C=O) groups excluding carboxylic acids is 1. The summed E-state index contributed by atoms with van der Waals surface area (Å²) >= 11 is 0. The Morgan fingerprint density at radius 1 is 1.24 bits per heavy atom. The summed E-state index contributed by atoms with van der Waals surface area (Å²) in [6, 6.07) is 1.75. The lowest BCUT2D eigenvalue weighted by Crippen LogP contribution is -2.11. The van der Waals surface area contributed by atoms with Gasteiger partial charge in [-0.3, -0.25) is 9.89 Å². The normalized spacial score (nSPS) is 10.4. The summed E-state index contributed by atoms with van der Waals surface area (Å²) in [5, 5.41) is 9.26. The molecular weight excluding hydrogens is 214 g/mol. The molecule has 0 atom stereocenters. The number of hydrogen-bond donors (Lipinski definition) is 2. The van der Waals surface area contributed by atoms with Crippen LogP contribution in [0.4, 0.5) is 5.82 Å². The summed E-state index contributed by atoms with van der Waals surface area (Å²) in [6.45, 7) is 2.22. The van der Waals surface area contributed by atoms with Crippen molar-refractivity contribution in [3.8, 4) is 0 Å². The first-order chi connectivity index (χ1) is 8.33. The zero-order valence-electron chi connectivity index (χ0n) is 10.7. The molecule has 1 amide bonds. The molecule has 2 N–H and O–H groups in total. The molecule has 0 saturated heterocycles. The van der Waals surface area contributed by atoms with Crippen LogP contribution in [0.2, 0.25) is 0 Å². The van der Waals surface area contributed by atoms with Gasteiger partial charge in [0.15, 0.2) is 0 Å². The van der Waals surface area contributed by atoms with Gasteiger partial charge in [0.05, 0.1) is 6.20 Å². The van der Waals surface area contributed by atoms with Crippen LogP contribution in [0.1, 0.15) is 58.3 Å². The second kappa shape index (κ2) is 8.79. The molecule has 0 bridgehead atoms. The van der Waals surface area contributed by atoms with Crippen LogP contribution in [0.3, 0.4) is 0 Å². The number of unbranched alkanes of at least 4 members (excludes halogenated alkanes) is 6. The minimum atomic E-state index is 0.0720. The number of anilines is 1. The number of carbonyl (C=O) groups is 1. The van der Waals surface area contributed by atoms with Crippen LogP contribution in [0.15, 0.2) is 12.3 Å². The van der Waals surface area contributed by atoms with Crippen LogP contribution in [-0.4, -0.2) is 16.1 Å². The molecule has 1 aromatic heterocycles. The van der Waals surface area contributed by atoms with E-state index < -0.39 is 0 Å². The SMILES string of the molecule is CCCCCCCCCC(=O)Nc1ccn[nH]1. The van der Waals surface area contributed by atoms with Gasteiger partial charge < -0.3 is 5.32 Å². The molecule has 0 aliphatic heterocycles. The molecular formula is C13H23N3O. The summed E-state index contributed by atoms with van der Waals surface area (Å²) in [4.78, 5) is 11.5. The van der Waals surface area contributed by atoms with E-state index in [0.717, 1.165) is 12.8 Å². The van der Waals surface area contributed by atoms with Gasteiger partial charge in [-0.25, -0.2) is 0 Å². The Kier molecular flexibility index (Phi) is 7.11. The van der Waals surface area contributed by atoms with E-state index in [-0.39, 0.29) is 5.91 Å². The molecule has 0 fully saturated rings. The molecule has 4 nitrogen and oxygen atoms in total. The predicted molar refractivity (Wildman–Crippen MR) is 69.8 cm³/mol. The minimum absolute atomic E-state index is 0.0720. The Morgan fingerprint density at radius 2 is 1.94 bits per heavy atom. The highest BCUT2D eigenvalue weighted by molar-refractivity contribution is 5.89. The first-order valence-electron chi connectivity index (χ1n) is 6.62. The first-order valence-corrected chi connectivity index (χ1v) is 6.62. The van der Waals surface area contributed by atoms with Crippen molar-refractivity contribution in [1.29, 1.82) is 0 Å². The lowest BCUT2D eigenvalue weighted by atomic mass is 10.1. The standard InChI is InChI=1S/C13H23N3O/c1-2-3-4-5-6-7-8-9-13(17)15-12-10-11-14-16-12/h10-11H,2-9H2,1H3,(H2,14,15,16,17). The van der Waals surface area contributed by atoms with Gasteiger partial charge in [-0.15, -0.1) is 0 Å².